The molecular weight excluding hydrogens is 336 g/mol. The molecule has 8 nitrogen and oxygen atoms in total. The maximum Gasteiger partial charge on any atom is 0.221 e. The van der Waals surface area contributed by atoms with Gasteiger partial charge in [0.05, 0.1) is 33.6 Å². The van der Waals surface area contributed by atoms with Crippen LogP contribution in [0.3, 0.4) is 0 Å². The summed E-state index contributed by atoms with van der Waals surface area (Å²) in [6.07, 6.45) is 1.09. The molecule has 1 rings (SSSR count). The van der Waals surface area contributed by atoms with E-state index in [2.05, 4.69) is 10.0 Å². The first-order valence-electron chi connectivity index (χ1n) is 7.25. The molecule has 24 heavy (non-hydrogen) atoms. The molecule has 0 bridgehead atoms. The van der Waals surface area contributed by atoms with Gasteiger partial charge in [-0.25, -0.2) is 13.1 Å². The van der Waals surface area contributed by atoms with Gasteiger partial charge in [0.15, 0.2) is 11.5 Å². The first kappa shape index (κ1) is 20.0. The summed E-state index contributed by atoms with van der Waals surface area (Å²) in [4.78, 5) is 11.9. The second-order valence-electron chi connectivity index (χ2n) is 5.16. The van der Waals surface area contributed by atoms with Crippen molar-refractivity contribution in [2.45, 2.75) is 19.4 Å². The van der Waals surface area contributed by atoms with Crippen LogP contribution in [0.4, 0.5) is 0 Å². The number of ether oxygens (including phenoxy) is 3. The number of hydrogen-bond donors (Lipinski definition) is 2. The number of carbonyl (C=O) groups is 1. The number of benzene rings is 1. The molecule has 9 heteroatoms. The summed E-state index contributed by atoms with van der Waals surface area (Å²) in [5, 5.41) is 2.80. The highest BCUT2D eigenvalue weighted by Crippen LogP contribution is 2.39. The minimum atomic E-state index is -3.30. The molecule has 0 spiro atoms. The number of nitrogens with one attached hydrogen (secondary N) is 2. The van der Waals surface area contributed by atoms with Gasteiger partial charge in [-0.3, -0.25) is 4.79 Å². The SMILES string of the molecule is COc1cc(C(C)NC(=O)CCNS(C)(=O)=O)cc(OC)c1OC. The fourth-order valence-corrected chi connectivity index (χ4v) is 2.57. The highest BCUT2D eigenvalue weighted by Gasteiger charge is 2.17. The summed E-state index contributed by atoms with van der Waals surface area (Å²) in [5.41, 5.74) is 0.772. The Bertz CT molecular complexity index is 650. The molecule has 1 aromatic carbocycles. The predicted octanol–water partition coefficient (Wildman–Crippen LogP) is 0.829. The van der Waals surface area contributed by atoms with E-state index in [-0.39, 0.29) is 24.9 Å². The molecule has 0 heterocycles. The van der Waals surface area contributed by atoms with E-state index in [1.807, 2.05) is 6.92 Å². The summed E-state index contributed by atoms with van der Waals surface area (Å²) in [7, 11) is 1.24. The van der Waals surface area contributed by atoms with Crippen LogP contribution in [0, 0.1) is 0 Å². The van der Waals surface area contributed by atoms with Gasteiger partial charge in [-0.2, -0.15) is 0 Å². The summed E-state index contributed by atoms with van der Waals surface area (Å²) in [6.45, 7) is 1.86. The smallest absolute Gasteiger partial charge is 0.221 e. The van der Waals surface area contributed by atoms with E-state index in [9.17, 15) is 13.2 Å². The predicted molar refractivity (Wildman–Crippen MR) is 90.1 cm³/mol. The molecule has 0 aliphatic heterocycles. The summed E-state index contributed by atoms with van der Waals surface area (Å²) >= 11 is 0. The van der Waals surface area contributed by atoms with Crippen molar-refractivity contribution in [2.24, 2.45) is 0 Å². The molecule has 0 fully saturated rings. The Hall–Kier alpha value is -2.00. The van der Waals surface area contributed by atoms with Crippen LogP contribution < -0.4 is 24.2 Å². The molecule has 1 atom stereocenters. The summed E-state index contributed by atoms with van der Waals surface area (Å²) in [6, 6.07) is 3.19. The van der Waals surface area contributed by atoms with Crippen molar-refractivity contribution in [2.75, 3.05) is 34.1 Å². The third kappa shape index (κ3) is 5.89. The number of amides is 1. The Morgan fingerprint density at radius 1 is 1.12 bits per heavy atom. The van der Waals surface area contributed by atoms with Crippen molar-refractivity contribution in [3.05, 3.63) is 17.7 Å². The molecule has 1 aromatic rings. The second kappa shape index (κ2) is 8.74. The molecule has 1 unspecified atom stereocenters. The normalized spacial score (nSPS) is 12.4. The fraction of sp³-hybridized carbons (Fsp3) is 0.533. The number of sulfonamides is 1. The van der Waals surface area contributed by atoms with Gasteiger partial charge in [-0.15, -0.1) is 0 Å². The minimum absolute atomic E-state index is 0.0435. The van der Waals surface area contributed by atoms with E-state index in [0.29, 0.717) is 17.2 Å². The summed E-state index contributed by atoms with van der Waals surface area (Å²) in [5.74, 6) is 1.19. The van der Waals surface area contributed by atoms with Gasteiger partial charge in [0.25, 0.3) is 0 Å². The average Bonchev–Trinajstić information content (AvgIpc) is 2.51. The van der Waals surface area contributed by atoms with Gasteiger partial charge in [0.1, 0.15) is 0 Å². The van der Waals surface area contributed by atoms with Crippen LogP contribution in [-0.4, -0.2) is 48.5 Å². The molecule has 0 aliphatic carbocycles. The van der Waals surface area contributed by atoms with Gasteiger partial charge in [-0.05, 0) is 24.6 Å². The first-order valence-corrected chi connectivity index (χ1v) is 9.14. The lowest BCUT2D eigenvalue weighted by atomic mass is 10.1. The molecule has 136 valence electrons. The van der Waals surface area contributed by atoms with Crippen LogP contribution in [0.1, 0.15) is 24.9 Å². The van der Waals surface area contributed by atoms with Crippen LogP contribution in [-0.2, 0) is 14.8 Å². The molecule has 2 N–H and O–H groups in total. The zero-order valence-corrected chi connectivity index (χ0v) is 15.3. The molecule has 0 aliphatic rings. The fourth-order valence-electron chi connectivity index (χ4n) is 2.10. The highest BCUT2D eigenvalue weighted by molar-refractivity contribution is 7.88. The minimum Gasteiger partial charge on any atom is -0.493 e. The van der Waals surface area contributed by atoms with Crippen molar-refractivity contribution in [1.82, 2.24) is 10.0 Å². The number of hydrogen-bond acceptors (Lipinski definition) is 6. The standard InChI is InChI=1S/C15H24N2O6S/c1-10(17-14(18)6-7-16-24(5,19)20)11-8-12(21-2)15(23-4)13(9-11)22-3/h8-10,16H,6-7H2,1-5H3,(H,17,18). The Labute approximate surface area is 142 Å². The first-order chi connectivity index (χ1) is 11.2. The van der Waals surface area contributed by atoms with E-state index in [1.54, 1.807) is 12.1 Å². The summed E-state index contributed by atoms with van der Waals surface area (Å²) < 4.78 is 40.0. The molecule has 0 aromatic heterocycles. The number of methoxy groups -OCH3 is 3. The number of carbonyl (C=O) groups excluding carboxylic acids is 1. The molecule has 0 saturated heterocycles. The van der Waals surface area contributed by atoms with Crippen LogP contribution in [0.2, 0.25) is 0 Å². The van der Waals surface area contributed by atoms with E-state index >= 15 is 0 Å². The lowest BCUT2D eigenvalue weighted by molar-refractivity contribution is -0.121. The Morgan fingerprint density at radius 3 is 2.08 bits per heavy atom. The Morgan fingerprint density at radius 2 is 1.67 bits per heavy atom. The van der Waals surface area contributed by atoms with E-state index in [0.717, 1.165) is 11.8 Å². The maximum atomic E-state index is 11.9. The largest absolute Gasteiger partial charge is 0.493 e. The molecular formula is C15H24N2O6S. The van der Waals surface area contributed by atoms with E-state index < -0.39 is 10.0 Å². The van der Waals surface area contributed by atoms with Gasteiger partial charge in [0.2, 0.25) is 21.7 Å². The Balaban J connectivity index is 2.80. The van der Waals surface area contributed by atoms with Crippen molar-refractivity contribution in [3.63, 3.8) is 0 Å². The van der Waals surface area contributed by atoms with Crippen LogP contribution in [0.25, 0.3) is 0 Å². The van der Waals surface area contributed by atoms with Gasteiger partial charge in [-0.1, -0.05) is 0 Å². The second-order valence-corrected chi connectivity index (χ2v) is 7.00. The molecule has 1 amide bonds. The van der Waals surface area contributed by atoms with Crippen LogP contribution in [0.5, 0.6) is 17.2 Å². The number of rotatable bonds is 9. The van der Waals surface area contributed by atoms with Crippen molar-refractivity contribution < 1.29 is 27.4 Å². The van der Waals surface area contributed by atoms with Gasteiger partial charge < -0.3 is 19.5 Å². The zero-order chi connectivity index (χ0) is 18.3. The zero-order valence-electron chi connectivity index (χ0n) is 14.5. The van der Waals surface area contributed by atoms with Crippen molar-refractivity contribution >= 4 is 15.9 Å². The van der Waals surface area contributed by atoms with Gasteiger partial charge >= 0.3 is 0 Å². The van der Waals surface area contributed by atoms with Gasteiger partial charge in [0, 0.05) is 13.0 Å². The third-order valence-electron chi connectivity index (χ3n) is 3.28. The van der Waals surface area contributed by atoms with Crippen molar-refractivity contribution in [1.29, 1.82) is 0 Å². The van der Waals surface area contributed by atoms with E-state index in [1.165, 1.54) is 21.3 Å². The Kier molecular flexibility index (Phi) is 7.30. The highest BCUT2D eigenvalue weighted by atomic mass is 32.2. The lowest BCUT2D eigenvalue weighted by Crippen LogP contribution is -2.31. The lowest BCUT2D eigenvalue weighted by Gasteiger charge is -2.18. The monoisotopic (exact) mass is 360 g/mol. The average molecular weight is 360 g/mol. The topological polar surface area (TPSA) is 103 Å². The third-order valence-corrected chi connectivity index (χ3v) is 4.01. The molecule has 0 saturated carbocycles. The van der Waals surface area contributed by atoms with E-state index in [4.69, 9.17) is 14.2 Å². The quantitative estimate of drug-likeness (QED) is 0.676. The molecule has 0 radical (unpaired) electrons. The van der Waals surface area contributed by atoms with Crippen LogP contribution in [0.15, 0.2) is 12.1 Å². The maximum absolute atomic E-state index is 11.9. The van der Waals surface area contributed by atoms with Crippen LogP contribution >= 0.6 is 0 Å². The van der Waals surface area contributed by atoms with Crippen molar-refractivity contribution in [3.8, 4) is 17.2 Å².